The van der Waals surface area contributed by atoms with E-state index in [0.29, 0.717) is 12.5 Å². The van der Waals surface area contributed by atoms with Crippen molar-refractivity contribution in [1.82, 2.24) is 20.0 Å². The number of carbonyl (C=O) groups excluding carboxylic acids is 1. The average molecular weight is 358 g/mol. The molecule has 1 fully saturated rings. The van der Waals surface area contributed by atoms with Crippen LogP contribution in [0.2, 0.25) is 0 Å². The molecule has 1 amide bonds. The van der Waals surface area contributed by atoms with Crippen molar-refractivity contribution in [3.8, 4) is 5.69 Å². The van der Waals surface area contributed by atoms with Gasteiger partial charge in [0.25, 0.3) is 0 Å². The van der Waals surface area contributed by atoms with Crippen molar-refractivity contribution < 1.29 is 9.18 Å². The number of benzene rings is 1. The molecule has 1 N–H and O–H groups in total. The zero-order valence-corrected chi connectivity index (χ0v) is 15.7. The molecule has 1 aliphatic heterocycles. The van der Waals surface area contributed by atoms with Gasteiger partial charge < -0.3 is 10.2 Å². The molecule has 0 radical (unpaired) electrons. The maximum atomic E-state index is 13.1. The Labute approximate surface area is 154 Å². The lowest BCUT2D eigenvalue weighted by atomic mass is 9.95. The molecule has 1 aromatic carbocycles. The number of halogens is 1. The average Bonchev–Trinajstić information content (AvgIpc) is 3.19. The van der Waals surface area contributed by atoms with E-state index in [1.54, 1.807) is 16.8 Å². The van der Waals surface area contributed by atoms with Gasteiger partial charge in [0.05, 0.1) is 17.9 Å². The molecule has 3 atom stereocenters. The largest absolute Gasteiger partial charge is 0.338 e. The smallest absolute Gasteiger partial charge is 0.223 e. The molecule has 0 bridgehead atoms. The van der Waals surface area contributed by atoms with Crippen molar-refractivity contribution in [2.24, 2.45) is 5.92 Å². The fraction of sp³-hybridized carbons (Fsp3) is 0.500. The molecule has 0 saturated carbocycles. The molecule has 1 aromatic heterocycles. The van der Waals surface area contributed by atoms with Crippen LogP contribution in [-0.2, 0) is 4.79 Å². The van der Waals surface area contributed by atoms with E-state index in [-0.39, 0.29) is 23.7 Å². The monoisotopic (exact) mass is 358 g/mol. The van der Waals surface area contributed by atoms with Gasteiger partial charge >= 0.3 is 0 Å². The first kappa shape index (κ1) is 18.6. The van der Waals surface area contributed by atoms with E-state index >= 15 is 0 Å². The van der Waals surface area contributed by atoms with Crippen LogP contribution in [0.4, 0.5) is 4.39 Å². The molecule has 0 unspecified atom stereocenters. The van der Waals surface area contributed by atoms with Crippen LogP contribution in [0.3, 0.4) is 0 Å². The summed E-state index contributed by atoms with van der Waals surface area (Å²) in [5.74, 6) is 0.117. The van der Waals surface area contributed by atoms with E-state index < -0.39 is 0 Å². The molecule has 26 heavy (non-hydrogen) atoms. The van der Waals surface area contributed by atoms with Crippen molar-refractivity contribution in [1.29, 1.82) is 0 Å². The van der Waals surface area contributed by atoms with E-state index in [1.807, 2.05) is 24.3 Å². The molecule has 2 aromatic rings. The highest BCUT2D eigenvalue weighted by Gasteiger charge is 2.39. The summed E-state index contributed by atoms with van der Waals surface area (Å²) in [7, 11) is 1.86. The van der Waals surface area contributed by atoms with Crippen molar-refractivity contribution in [3.63, 3.8) is 0 Å². The first-order valence-electron chi connectivity index (χ1n) is 9.29. The number of aromatic nitrogens is 2. The number of hydrogen-bond donors (Lipinski definition) is 1. The molecule has 3 rings (SSSR count). The fourth-order valence-corrected chi connectivity index (χ4v) is 3.74. The number of nitrogens with one attached hydrogen (secondary N) is 1. The van der Waals surface area contributed by atoms with Crippen molar-refractivity contribution in [2.45, 2.75) is 45.2 Å². The summed E-state index contributed by atoms with van der Waals surface area (Å²) in [6.45, 7) is 5.17. The minimum absolute atomic E-state index is 0.0121. The summed E-state index contributed by atoms with van der Waals surface area (Å²) in [5.41, 5.74) is 1.81. The molecule has 1 saturated heterocycles. The van der Waals surface area contributed by atoms with Crippen molar-refractivity contribution in [3.05, 3.63) is 48.0 Å². The second-order valence-electron chi connectivity index (χ2n) is 7.21. The highest BCUT2D eigenvalue weighted by molar-refractivity contribution is 5.79. The zero-order chi connectivity index (χ0) is 18.7. The Hall–Kier alpha value is -2.21. The number of hydrogen-bond acceptors (Lipinski definition) is 3. The third-order valence-corrected chi connectivity index (χ3v) is 5.18. The molecule has 1 aliphatic rings. The molecular weight excluding hydrogens is 331 g/mol. The molecule has 6 heteroatoms. The zero-order valence-electron chi connectivity index (χ0n) is 15.7. The van der Waals surface area contributed by atoms with E-state index in [0.717, 1.165) is 30.6 Å². The van der Waals surface area contributed by atoms with Crippen molar-refractivity contribution in [2.75, 3.05) is 13.6 Å². The predicted molar refractivity (Wildman–Crippen MR) is 99.5 cm³/mol. The van der Waals surface area contributed by atoms with Crippen LogP contribution in [0.15, 0.2) is 36.7 Å². The first-order valence-corrected chi connectivity index (χ1v) is 9.29. The van der Waals surface area contributed by atoms with Gasteiger partial charge in [0.15, 0.2) is 0 Å². The van der Waals surface area contributed by atoms with Gasteiger partial charge in [-0.15, -0.1) is 0 Å². The minimum Gasteiger partial charge on any atom is -0.338 e. The Kier molecular flexibility index (Phi) is 5.71. The number of nitrogens with zero attached hydrogens (tertiary/aromatic N) is 3. The lowest BCUT2D eigenvalue weighted by Gasteiger charge is -2.25. The summed E-state index contributed by atoms with van der Waals surface area (Å²) in [6, 6.07) is 6.69. The van der Waals surface area contributed by atoms with Crippen LogP contribution >= 0.6 is 0 Å². The highest BCUT2D eigenvalue weighted by atomic mass is 19.1. The lowest BCUT2D eigenvalue weighted by Crippen LogP contribution is -2.33. The van der Waals surface area contributed by atoms with Crippen LogP contribution in [0, 0.1) is 11.7 Å². The second-order valence-corrected chi connectivity index (χ2v) is 7.21. The van der Waals surface area contributed by atoms with E-state index in [1.165, 1.54) is 12.1 Å². The Bertz CT molecular complexity index is 743. The quantitative estimate of drug-likeness (QED) is 0.826. The Morgan fingerprint density at radius 1 is 1.35 bits per heavy atom. The summed E-state index contributed by atoms with van der Waals surface area (Å²) in [6.07, 6.45) is 6.57. The van der Waals surface area contributed by atoms with Crippen LogP contribution in [0.25, 0.3) is 5.69 Å². The standard InChI is InChI=1S/C20H27FN4O/c1-4-5-14(2)22-11-15-10-19(26)24(3)20(15)16-12-23-25(13-16)18-8-6-17(21)7-9-18/h6-9,12-15,20,22H,4-5,10-11H2,1-3H3/t14-,15+,20-/m1/s1. The van der Waals surface area contributed by atoms with E-state index in [2.05, 4.69) is 24.3 Å². The van der Waals surface area contributed by atoms with Crippen LogP contribution in [0.5, 0.6) is 0 Å². The van der Waals surface area contributed by atoms with E-state index in [4.69, 9.17) is 0 Å². The fourth-order valence-electron chi connectivity index (χ4n) is 3.74. The molecule has 5 nitrogen and oxygen atoms in total. The van der Waals surface area contributed by atoms with Gasteiger partial charge in [0.2, 0.25) is 5.91 Å². The van der Waals surface area contributed by atoms with Crippen LogP contribution in [-0.4, -0.2) is 40.2 Å². The Balaban J connectivity index is 1.76. The SMILES string of the molecule is CCC[C@@H](C)NC[C@@H]1CC(=O)N(C)[C@H]1c1cnn(-c2ccc(F)cc2)c1. The second kappa shape index (κ2) is 7.99. The summed E-state index contributed by atoms with van der Waals surface area (Å²) in [5, 5.41) is 7.98. The summed E-state index contributed by atoms with van der Waals surface area (Å²) >= 11 is 0. The maximum absolute atomic E-state index is 13.1. The van der Waals surface area contributed by atoms with Crippen molar-refractivity contribution >= 4 is 5.91 Å². The molecule has 140 valence electrons. The highest BCUT2D eigenvalue weighted by Crippen LogP contribution is 2.36. The normalized spacial score (nSPS) is 21.4. The minimum atomic E-state index is -0.269. The summed E-state index contributed by atoms with van der Waals surface area (Å²) in [4.78, 5) is 14.1. The van der Waals surface area contributed by atoms with Gasteiger partial charge in [-0.05, 0) is 37.6 Å². The van der Waals surface area contributed by atoms with Gasteiger partial charge in [-0.1, -0.05) is 13.3 Å². The van der Waals surface area contributed by atoms with Gasteiger partial charge in [-0.3, -0.25) is 4.79 Å². The Morgan fingerprint density at radius 3 is 2.77 bits per heavy atom. The van der Waals surface area contributed by atoms with Crippen LogP contribution < -0.4 is 5.32 Å². The molecule has 2 heterocycles. The number of amides is 1. The third-order valence-electron chi connectivity index (χ3n) is 5.18. The Morgan fingerprint density at radius 2 is 2.08 bits per heavy atom. The molecular formula is C20H27FN4O. The summed E-state index contributed by atoms with van der Waals surface area (Å²) < 4.78 is 14.9. The molecule has 0 spiro atoms. The first-order chi connectivity index (χ1) is 12.5. The van der Waals surface area contributed by atoms with E-state index in [9.17, 15) is 9.18 Å². The molecule has 0 aliphatic carbocycles. The maximum Gasteiger partial charge on any atom is 0.223 e. The number of likely N-dealkylation sites (tertiary alicyclic amines) is 1. The van der Waals surface area contributed by atoms with Crippen LogP contribution in [0.1, 0.15) is 44.7 Å². The lowest BCUT2D eigenvalue weighted by molar-refractivity contribution is -0.127. The number of carbonyl (C=O) groups is 1. The van der Waals surface area contributed by atoms with Gasteiger partial charge in [0.1, 0.15) is 5.82 Å². The number of rotatable bonds is 7. The predicted octanol–water partition coefficient (Wildman–Crippen LogP) is 3.31. The topological polar surface area (TPSA) is 50.2 Å². The van der Waals surface area contributed by atoms with Gasteiger partial charge in [-0.25, -0.2) is 9.07 Å². The van der Waals surface area contributed by atoms with Gasteiger partial charge in [-0.2, -0.15) is 5.10 Å². The third kappa shape index (κ3) is 3.96. The van der Waals surface area contributed by atoms with Gasteiger partial charge in [0, 0.05) is 43.7 Å².